The van der Waals surface area contributed by atoms with Crippen molar-refractivity contribution in [3.8, 4) is 0 Å². The van der Waals surface area contributed by atoms with Gasteiger partial charge >= 0.3 is 5.97 Å². The maximum atomic E-state index is 11.4. The summed E-state index contributed by atoms with van der Waals surface area (Å²) in [5, 5.41) is 3.29. The third-order valence-corrected chi connectivity index (χ3v) is 2.19. The molecule has 0 aromatic rings. The summed E-state index contributed by atoms with van der Waals surface area (Å²) in [6.45, 7) is 7.19. The molecule has 0 spiro atoms. The first-order valence-corrected chi connectivity index (χ1v) is 4.91. The van der Waals surface area contributed by atoms with E-state index in [0.717, 1.165) is 13.0 Å². The predicted octanol–water partition coefficient (Wildman–Crippen LogP) is 1.33. The van der Waals surface area contributed by atoms with Gasteiger partial charge in [-0.3, -0.25) is 4.79 Å². The normalized spacial score (nSPS) is 23.2. The van der Waals surface area contributed by atoms with E-state index in [9.17, 15) is 4.79 Å². The average Bonchev–Trinajstić information content (AvgIpc) is 2.50. The Kier molecular flexibility index (Phi) is 3.31. The zero-order valence-electron chi connectivity index (χ0n) is 8.72. The third-order valence-electron chi connectivity index (χ3n) is 2.19. The van der Waals surface area contributed by atoms with Gasteiger partial charge in [0.1, 0.15) is 6.61 Å². The van der Waals surface area contributed by atoms with Crippen molar-refractivity contribution in [3.05, 3.63) is 0 Å². The van der Waals surface area contributed by atoms with Crippen molar-refractivity contribution in [2.45, 2.75) is 39.7 Å². The van der Waals surface area contributed by atoms with Crippen LogP contribution in [0.1, 0.15) is 33.6 Å². The molecule has 0 unspecified atom stereocenters. The second-order valence-electron chi connectivity index (χ2n) is 4.64. The second kappa shape index (κ2) is 4.09. The van der Waals surface area contributed by atoms with Gasteiger partial charge < -0.3 is 10.1 Å². The van der Waals surface area contributed by atoms with Gasteiger partial charge in [0.2, 0.25) is 0 Å². The van der Waals surface area contributed by atoms with Crippen molar-refractivity contribution >= 4 is 5.97 Å². The summed E-state index contributed by atoms with van der Waals surface area (Å²) in [4.78, 5) is 11.4. The van der Waals surface area contributed by atoms with Gasteiger partial charge in [-0.25, -0.2) is 0 Å². The first-order valence-electron chi connectivity index (χ1n) is 4.91. The molecule has 1 saturated heterocycles. The first-order chi connectivity index (χ1) is 6.00. The Morgan fingerprint density at radius 3 is 2.69 bits per heavy atom. The van der Waals surface area contributed by atoms with Crippen LogP contribution in [0.25, 0.3) is 0 Å². The van der Waals surface area contributed by atoms with E-state index in [4.69, 9.17) is 4.74 Å². The minimum absolute atomic E-state index is 0.110. The van der Waals surface area contributed by atoms with E-state index in [1.54, 1.807) is 0 Å². The highest BCUT2D eigenvalue weighted by Crippen LogP contribution is 2.16. The number of rotatable bonds is 2. The predicted molar refractivity (Wildman–Crippen MR) is 51.4 cm³/mol. The van der Waals surface area contributed by atoms with E-state index in [2.05, 4.69) is 5.32 Å². The Bertz CT molecular complexity index is 178. The molecule has 0 aliphatic carbocycles. The molecule has 0 aromatic carbocycles. The van der Waals surface area contributed by atoms with Gasteiger partial charge in [-0.15, -0.1) is 0 Å². The molecule has 76 valence electrons. The SMILES string of the molecule is CC(C)(C)C(=O)OC[C@@H]1CCCN1. The highest BCUT2D eigenvalue weighted by atomic mass is 16.5. The highest BCUT2D eigenvalue weighted by molar-refractivity contribution is 5.75. The minimum atomic E-state index is -0.376. The van der Waals surface area contributed by atoms with Crippen LogP contribution in [0.5, 0.6) is 0 Å². The standard InChI is InChI=1S/C10H19NO2/c1-10(2,3)9(12)13-7-8-5-4-6-11-8/h8,11H,4-7H2,1-3H3/t8-/m0/s1. The fourth-order valence-electron chi connectivity index (χ4n) is 1.29. The Hall–Kier alpha value is -0.570. The van der Waals surface area contributed by atoms with Crippen molar-refractivity contribution in [2.24, 2.45) is 5.41 Å². The van der Waals surface area contributed by atoms with Crippen LogP contribution in [-0.2, 0) is 9.53 Å². The molecule has 0 radical (unpaired) electrons. The molecule has 0 saturated carbocycles. The van der Waals surface area contributed by atoms with Crippen LogP contribution in [0.3, 0.4) is 0 Å². The number of nitrogens with one attached hydrogen (secondary N) is 1. The van der Waals surface area contributed by atoms with Crippen LogP contribution in [0.4, 0.5) is 0 Å². The summed E-state index contributed by atoms with van der Waals surface area (Å²) in [5.74, 6) is -0.110. The maximum absolute atomic E-state index is 11.4. The number of carbonyl (C=O) groups is 1. The van der Waals surface area contributed by atoms with E-state index >= 15 is 0 Å². The lowest BCUT2D eigenvalue weighted by atomic mass is 9.97. The molecule has 1 heterocycles. The molecule has 1 atom stereocenters. The molecule has 1 fully saturated rings. The monoisotopic (exact) mass is 185 g/mol. The zero-order chi connectivity index (χ0) is 9.90. The molecule has 3 nitrogen and oxygen atoms in total. The van der Waals surface area contributed by atoms with Crippen LogP contribution in [0, 0.1) is 5.41 Å². The molecular weight excluding hydrogens is 166 g/mol. The molecule has 1 aliphatic rings. The maximum Gasteiger partial charge on any atom is 0.311 e. The topological polar surface area (TPSA) is 38.3 Å². The fraction of sp³-hybridized carbons (Fsp3) is 0.900. The Balaban J connectivity index is 2.22. The summed E-state index contributed by atoms with van der Waals surface area (Å²) in [6.07, 6.45) is 2.31. The summed E-state index contributed by atoms with van der Waals surface area (Å²) >= 11 is 0. The van der Waals surface area contributed by atoms with Gasteiger partial charge in [0.25, 0.3) is 0 Å². The summed E-state index contributed by atoms with van der Waals surface area (Å²) in [7, 11) is 0. The number of ether oxygens (including phenoxy) is 1. The summed E-state index contributed by atoms with van der Waals surface area (Å²) in [6, 6.07) is 0.381. The van der Waals surface area contributed by atoms with Crippen molar-refractivity contribution < 1.29 is 9.53 Å². The molecule has 13 heavy (non-hydrogen) atoms. The van der Waals surface area contributed by atoms with E-state index in [0.29, 0.717) is 12.6 Å². The lowest BCUT2D eigenvalue weighted by Gasteiger charge is -2.18. The van der Waals surface area contributed by atoms with Gasteiger partial charge in [0.15, 0.2) is 0 Å². The number of hydrogen-bond acceptors (Lipinski definition) is 3. The van der Waals surface area contributed by atoms with Gasteiger partial charge in [-0.1, -0.05) is 0 Å². The first kappa shape index (κ1) is 10.5. The smallest absolute Gasteiger partial charge is 0.311 e. The molecule has 1 aliphatic heterocycles. The molecule has 0 aromatic heterocycles. The van der Waals surface area contributed by atoms with Crippen LogP contribution in [0.2, 0.25) is 0 Å². The fourth-order valence-corrected chi connectivity index (χ4v) is 1.29. The molecule has 0 amide bonds. The zero-order valence-corrected chi connectivity index (χ0v) is 8.72. The van der Waals surface area contributed by atoms with E-state index < -0.39 is 0 Å². The van der Waals surface area contributed by atoms with Gasteiger partial charge in [-0.2, -0.15) is 0 Å². The van der Waals surface area contributed by atoms with E-state index in [-0.39, 0.29) is 11.4 Å². The molecule has 0 bridgehead atoms. The summed E-state index contributed by atoms with van der Waals surface area (Å²) < 4.78 is 5.19. The van der Waals surface area contributed by atoms with Gasteiger partial charge in [0, 0.05) is 6.04 Å². The van der Waals surface area contributed by atoms with E-state index in [1.807, 2.05) is 20.8 Å². The van der Waals surface area contributed by atoms with Crippen LogP contribution in [0.15, 0.2) is 0 Å². The molecule has 1 N–H and O–H groups in total. The van der Waals surface area contributed by atoms with Gasteiger partial charge in [-0.05, 0) is 40.2 Å². The third kappa shape index (κ3) is 3.35. The molecule has 3 heteroatoms. The summed E-state index contributed by atoms with van der Waals surface area (Å²) in [5.41, 5.74) is -0.376. The Morgan fingerprint density at radius 2 is 2.23 bits per heavy atom. The van der Waals surface area contributed by atoms with Crippen LogP contribution >= 0.6 is 0 Å². The lowest BCUT2D eigenvalue weighted by molar-refractivity contribution is -0.153. The number of hydrogen-bond donors (Lipinski definition) is 1. The van der Waals surface area contributed by atoms with Crippen LogP contribution in [-0.4, -0.2) is 25.2 Å². The van der Waals surface area contributed by atoms with Crippen molar-refractivity contribution in [3.63, 3.8) is 0 Å². The second-order valence-corrected chi connectivity index (χ2v) is 4.64. The molecule has 1 rings (SSSR count). The van der Waals surface area contributed by atoms with Crippen molar-refractivity contribution in [1.82, 2.24) is 5.32 Å². The average molecular weight is 185 g/mol. The van der Waals surface area contributed by atoms with Crippen LogP contribution < -0.4 is 5.32 Å². The van der Waals surface area contributed by atoms with Gasteiger partial charge in [0.05, 0.1) is 5.41 Å². The number of esters is 1. The minimum Gasteiger partial charge on any atom is -0.464 e. The van der Waals surface area contributed by atoms with Crippen molar-refractivity contribution in [1.29, 1.82) is 0 Å². The highest BCUT2D eigenvalue weighted by Gasteiger charge is 2.24. The number of carbonyl (C=O) groups excluding carboxylic acids is 1. The van der Waals surface area contributed by atoms with E-state index in [1.165, 1.54) is 6.42 Å². The Morgan fingerprint density at radius 1 is 1.54 bits per heavy atom. The quantitative estimate of drug-likeness (QED) is 0.659. The Labute approximate surface area is 79.8 Å². The van der Waals surface area contributed by atoms with Crippen molar-refractivity contribution in [2.75, 3.05) is 13.2 Å². The molecular formula is C10H19NO2. The lowest BCUT2D eigenvalue weighted by Crippen LogP contribution is -2.31. The largest absolute Gasteiger partial charge is 0.464 e.